The maximum atomic E-state index is 11.8. The molecule has 0 saturated carbocycles. The molecule has 1 aliphatic heterocycles. The molecule has 0 spiro atoms. The van der Waals surface area contributed by atoms with Crippen LogP contribution in [0.15, 0.2) is 22.8 Å². The summed E-state index contributed by atoms with van der Waals surface area (Å²) in [5.74, 6) is 0.0910. The zero-order valence-electron chi connectivity index (χ0n) is 11.7. The van der Waals surface area contributed by atoms with Crippen molar-refractivity contribution in [3.8, 4) is 0 Å². The Morgan fingerprint density at radius 3 is 2.70 bits per heavy atom. The van der Waals surface area contributed by atoms with Gasteiger partial charge in [0.1, 0.15) is 6.61 Å². The first-order valence-electron chi connectivity index (χ1n) is 6.87. The second-order valence-corrected chi connectivity index (χ2v) is 5.68. The molecular weight excluding hydrogens is 322 g/mol. The standard InChI is InChI=1S/C14H20BrN3O2/c1-2-20-11-14(19)18-7-5-17(6-8-18)10-13-4-3-12(15)9-16-13/h3-4,9H,2,5-8,10-11H2,1H3. The maximum absolute atomic E-state index is 11.8. The molecule has 0 atom stereocenters. The first kappa shape index (κ1) is 15.4. The molecule has 0 aromatic carbocycles. The second-order valence-electron chi connectivity index (χ2n) is 4.76. The van der Waals surface area contributed by atoms with Gasteiger partial charge in [0.15, 0.2) is 0 Å². The van der Waals surface area contributed by atoms with Crippen molar-refractivity contribution < 1.29 is 9.53 Å². The summed E-state index contributed by atoms with van der Waals surface area (Å²) < 4.78 is 6.16. The van der Waals surface area contributed by atoms with Crippen LogP contribution in [0.5, 0.6) is 0 Å². The fourth-order valence-corrected chi connectivity index (χ4v) is 2.40. The number of ether oxygens (including phenoxy) is 1. The first-order chi connectivity index (χ1) is 9.69. The Labute approximate surface area is 128 Å². The third-order valence-corrected chi connectivity index (χ3v) is 3.80. The van der Waals surface area contributed by atoms with Gasteiger partial charge in [0, 0.05) is 50.0 Å². The van der Waals surface area contributed by atoms with Gasteiger partial charge in [-0.3, -0.25) is 14.7 Å². The van der Waals surface area contributed by atoms with Crippen LogP contribution in [0.3, 0.4) is 0 Å². The molecule has 110 valence electrons. The van der Waals surface area contributed by atoms with E-state index in [1.165, 1.54) is 0 Å². The maximum Gasteiger partial charge on any atom is 0.248 e. The molecule has 5 nitrogen and oxygen atoms in total. The number of carbonyl (C=O) groups is 1. The molecule has 1 aromatic heterocycles. The van der Waals surface area contributed by atoms with Crippen LogP contribution in [-0.2, 0) is 16.1 Å². The number of halogens is 1. The second kappa shape index (κ2) is 7.71. The van der Waals surface area contributed by atoms with Gasteiger partial charge in [-0.2, -0.15) is 0 Å². The number of amides is 1. The van der Waals surface area contributed by atoms with Crippen molar-refractivity contribution in [3.05, 3.63) is 28.5 Å². The molecule has 0 N–H and O–H groups in total. The minimum absolute atomic E-state index is 0.0910. The Kier molecular flexibility index (Phi) is 5.94. The summed E-state index contributed by atoms with van der Waals surface area (Å²) in [5, 5.41) is 0. The lowest BCUT2D eigenvalue weighted by Crippen LogP contribution is -2.49. The average molecular weight is 342 g/mol. The number of aromatic nitrogens is 1. The van der Waals surface area contributed by atoms with Crippen molar-refractivity contribution in [2.24, 2.45) is 0 Å². The number of rotatable bonds is 5. The van der Waals surface area contributed by atoms with Gasteiger partial charge in [0.05, 0.1) is 5.69 Å². The quantitative estimate of drug-likeness (QED) is 0.814. The number of piperazine rings is 1. The number of nitrogens with zero attached hydrogens (tertiary/aromatic N) is 3. The Balaban J connectivity index is 1.76. The summed E-state index contributed by atoms with van der Waals surface area (Å²) in [4.78, 5) is 20.4. The molecule has 0 radical (unpaired) electrons. The Morgan fingerprint density at radius 1 is 1.35 bits per heavy atom. The first-order valence-corrected chi connectivity index (χ1v) is 7.66. The monoisotopic (exact) mass is 341 g/mol. The molecule has 1 fully saturated rings. The van der Waals surface area contributed by atoms with E-state index in [1.54, 1.807) is 0 Å². The predicted octanol–water partition coefficient (Wildman–Crippen LogP) is 1.52. The fraction of sp³-hybridized carbons (Fsp3) is 0.571. The molecule has 0 unspecified atom stereocenters. The molecule has 1 amide bonds. The highest BCUT2D eigenvalue weighted by Crippen LogP contribution is 2.11. The van der Waals surface area contributed by atoms with Crippen LogP contribution in [-0.4, -0.2) is 60.1 Å². The van der Waals surface area contributed by atoms with E-state index in [4.69, 9.17) is 4.74 Å². The Bertz CT molecular complexity index is 431. The number of pyridine rings is 1. The SMILES string of the molecule is CCOCC(=O)N1CCN(Cc2ccc(Br)cn2)CC1. The molecular formula is C14H20BrN3O2. The highest BCUT2D eigenvalue weighted by atomic mass is 79.9. The zero-order valence-corrected chi connectivity index (χ0v) is 13.3. The average Bonchev–Trinajstić information content (AvgIpc) is 2.48. The van der Waals surface area contributed by atoms with Gasteiger partial charge < -0.3 is 9.64 Å². The lowest BCUT2D eigenvalue weighted by molar-refractivity contribution is -0.137. The minimum atomic E-state index is 0.0910. The van der Waals surface area contributed by atoms with Crippen molar-refractivity contribution in [1.29, 1.82) is 0 Å². The Hall–Kier alpha value is -0.980. The van der Waals surface area contributed by atoms with Crippen LogP contribution in [0.25, 0.3) is 0 Å². The molecule has 2 rings (SSSR count). The van der Waals surface area contributed by atoms with Crippen molar-refractivity contribution in [1.82, 2.24) is 14.8 Å². The minimum Gasteiger partial charge on any atom is -0.372 e. The molecule has 0 bridgehead atoms. The summed E-state index contributed by atoms with van der Waals surface area (Å²) in [7, 11) is 0. The summed E-state index contributed by atoms with van der Waals surface area (Å²) in [5.41, 5.74) is 1.06. The molecule has 0 aliphatic carbocycles. The topological polar surface area (TPSA) is 45.7 Å². The molecule has 1 aliphatic rings. The van der Waals surface area contributed by atoms with E-state index in [0.29, 0.717) is 6.61 Å². The highest BCUT2D eigenvalue weighted by Gasteiger charge is 2.21. The van der Waals surface area contributed by atoms with Crippen molar-refractivity contribution >= 4 is 21.8 Å². The summed E-state index contributed by atoms with van der Waals surface area (Å²) in [6, 6.07) is 4.03. The van der Waals surface area contributed by atoms with E-state index >= 15 is 0 Å². The number of hydrogen-bond acceptors (Lipinski definition) is 4. The van der Waals surface area contributed by atoms with Crippen molar-refractivity contribution in [2.75, 3.05) is 39.4 Å². The lowest BCUT2D eigenvalue weighted by atomic mass is 10.2. The largest absolute Gasteiger partial charge is 0.372 e. The van der Waals surface area contributed by atoms with Crippen LogP contribution < -0.4 is 0 Å². The smallest absolute Gasteiger partial charge is 0.248 e. The van der Waals surface area contributed by atoms with Gasteiger partial charge in [-0.1, -0.05) is 0 Å². The Morgan fingerprint density at radius 2 is 2.10 bits per heavy atom. The van der Waals surface area contributed by atoms with Gasteiger partial charge in [-0.05, 0) is 35.0 Å². The fourth-order valence-electron chi connectivity index (χ4n) is 2.17. The number of hydrogen-bond donors (Lipinski definition) is 0. The van der Waals surface area contributed by atoms with Crippen molar-refractivity contribution in [2.45, 2.75) is 13.5 Å². The van der Waals surface area contributed by atoms with Crippen LogP contribution in [0.1, 0.15) is 12.6 Å². The summed E-state index contributed by atoms with van der Waals surface area (Å²) in [6.45, 7) is 6.82. The van der Waals surface area contributed by atoms with E-state index in [2.05, 4.69) is 25.8 Å². The van der Waals surface area contributed by atoms with E-state index in [0.717, 1.165) is 42.9 Å². The van der Waals surface area contributed by atoms with Crippen LogP contribution in [0.4, 0.5) is 0 Å². The molecule has 1 aromatic rings. The van der Waals surface area contributed by atoms with Gasteiger partial charge >= 0.3 is 0 Å². The highest BCUT2D eigenvalue weighted by molar-refractivity contribution is 9.10. The van der Waals surface area contributed by atoms with Gasteiger partial charge in [0.2, 0.25) is 5.91 Å². The molecule has 20 heavy (non-hydrogen) atoms. The van der Waals surface area contributed by atoms with Crippen molar-refractivity contribution in [3.63, 3.8) is 0 Å². The molecule has 1 saturated heterocycles. The van der Waals surface area contributed by atoms with E-state index < -0.39 is 0 Å². The van der Waals surface area contributed by atoms with Crippen LogP contribution in [0.2, 0.25) is 0 Å². The zero-order chi connectivity index (χ0) is 14.4. The summed E-state index contributed by atoms with van der Waals surface area (Å²) in [6.07, 6.45) is 1.82. The normalized spacial score (nSPS) is 16.4. The van der Waals surface area contributed by atoms with Gasteiger partial charge in [0.25, 0.3) is 0 Å². The van der Waals surface area contributed by atoms with E-state index in [-0.39, 0.29) is 12.5 Å². The van der Waals surface area contributed by atoms with E-state index in [9.17, 15) is 4.79 Å². The third-order valence-electron chi connectivity index (χ3n) is 3.33. The van der Waals surface area contributed by atoms with Crippen LogP contribution in [0, 0.1) is 0 Å². The summed E-state index contributed by atoms with van der Waals surface area (Å²) >= 11 is 3.38. The third kappa shape index (κ3) is 4.54. The van der Waals surface area contributed by atoms with Gasteiger partial charge in [-0.15, -0.1) is 0 Å². The lowest BCUT2D eigenvalue weighted by Gasteiger charge is -2.34. The number of carbonyl (C=O) groups excluding carboxylic acids is 1. The molecule has 6 heteroatoms. The van der Waals surface area contributed by atoms with Crippen LogP contribution >= 0.6 is 15.9 Å². The van der Waals surface area contributed by atoms with Gasteiger partial charge in [-0.25, -0.2) is 0 Å². The molecule has 2 heterocycles. The predicted molar refractivity (Wildman–Crippen MR) is 80.3 cm³/mol. The van der Waals surface area contributed by atoms with E-state index in [1.807, 2.05) is 30.2 Å².